The largest absolute Gasteiger partial charge is 0.479 e. The number of carboxylic acid groups (broad SMARTS) is 1. The average Bonchev–Trinajstić information content (AvgIpc) is 2.04. The number of amides is 1. The van der Waals surface area contributed by atoms with Crippen LogP contribution in [0, 0.1) is 0 Å². The first-order valence-corrected chi connectivity index (χ1v) is 3.95. The van der Waals surface area contributed by atoms with Gasteiger partial charge in [-0.15, -0.1) is 0 Å². The average molecular weight is 190 g/mol. The van der Waals surface area contributed by atoms with E-state index in [9.17, 15) is 9.59 Å². The van der Waals surface area contributed by atoms with Crippen LogP contribution >= 0.6 is 0 Å². The minimum atomic E-state index is -1.42. The summed E-state index contributed by atoms with van der Waals surface area (Å²) in [5, 5.41) is 19.5. The van der Waals surface area contributed by atoms with Gasteiger partial charge in [0.25, 0.3) is 0 Å². The van der Waals surface area contributed by atoms with Gasteiger partial charge in [0.2, 0.25) is 5.91 Å². The summed E-state index contributed by atoms with van der Waals surface area (Å²) in [4.78, 5) is 20.9. The number of rotatable bonds is 6. The molecule has 0 fully saturated rings. The van der Waals surface area contributed by atoms with E-state index in [2.05, 4.69) is 5.32 Å². The van der Waals surface area contributed by atoms with Crippen molar-refractivity contribution in [3.8, 4) is 0 Å². The van der Waals surface area contributed by atoms with Crippen molar-refractivity contribution in [1.29, 1.82) is 0 Å². The molecule has 0 aliphatic heterocycles. The molecule has 1 amide bonds. The first-order valence-electron chi connectivity index (χ1n) is 3.95. The van der Waals surface area contributed by atoms with Crippen molar-refractivity contribution in [3.05, 3.63) is 0 Å². The van der Waals surface area contributed by atoms with E-state index in [4.69, 9.17) is 15.9 Å². The van der Waals surface area contributed by atoms with Crippen LogP contribution < -0.4 is 11.1 Å². The van der Waals surface area contributed by atoms with Gasteiger partial charge in [0.1, 0.15) is 0 Å². The number of hydrogen-bond acceptors (Lipinski definition) is 4. The highest BCUT2D eigenvalue weighted by atomic mass is 16.4. The molecule has 1 atom stereocenters. The van der Waals surface area contributed by atoms with Gasteiger partial charge in [0.15, 0.2) is 6.10 Å². The predicted molar refractivity (Wildman–Crippen MR) is 44.9 cm³/mol. The fraction of sp³-hybridized carbons (Fsp3) is 0.714. The SMILES string of the molecule is NCCC(=O)NCC[C@H](O)C(=O)O. The third-order valence-electron chi connectivity index (χ3n) is 1.40. The Morgan fingerprint density at radius 3 is 2.54 bits per heavy atom. The van der Waals surface area contributed by atoms with Gasteiger partial charge in [-0.25, -0.2) is 4.79 Å². The van der Waals surface area contributed by atoms with Crippen molar-refractivity contribution in [3.63, 3.8) is 0 Å². The second kappa shape index (κ2) is 6.38. The zero-order chi connectivity index (χ0) is 10.3. The molecule has 0 saturated heterocycles. The lowest BCUT2D eigenvalue weighted by Gasteiger charge is -2.06. The van der Waals surface area contributed by atoms with Crippen LogP contribution in [0.15, 0.2) is 0 Å². The second-order valence-corrected chi connectivity index (χ2v) is 2.53. The lowest BCUT2D eigenvalue weighted by molar-refractivity contribution is -0.147. The molecular weight excluding hydrogens is 176 g/mol. The van der Waals surface area contributed by atoms with Gasteiger partial charge in [-0.3, -0.25) is 4.79 Å². The Balaban J connectivity index is 3.44. The van der Waals surface area contributed by atoms with Gasteiger partial charge in [0.05, 0.1) is 0 Å². The number of aliphatic carboxylic acids is 1. The summed E-state index contributed by atoms with van der Waals surface area (Å²) in [6.45, 7) is 0.402. The molecular formula is C7H14N2O4. The summed E-state index contributed by atoms with van der Waals surface area (Å²) in [6, 6.07) is 0. The minimum absolute atomic E-state index is 0.00560. The van der Waals surface area contributed by atoms with E-state index in [-0.39, 0.29) is 31.8 Å². The Kier molecular flexibility index (Phi) is 5.82. The van der Waals surface area contributed by atoms with Crippen molar-refractivity contribution >= 4 is 11.9 Å². The Hall–Kier alpha value is -1.14. The van der Waals surface area contributed by atoms with Gasteiger partial charge in [-0.2, -0.15) is 0 Å². The lowest BCUT2D eigenvalue weighted by atomic mass is 10.2. The van der Waals surface area contributed by atoms with Crippen LogP contribution in [0.25, 0.3) is 0 Å². The molecule has 0 unspecified atom stereocenters. The second-order valence-electron chi connectivity index (χ2n) is 2.53. The van der Waals surface area contributed by atoms with Crippen molar-refractivity contribution < 1.29 is 19.8 Å². The zero-order valence-electron chi connectivity index (χ0n) is 7.19. The van der Waals surface area contributed by atoms with E-state index in [1.807, 2.05) is 0 Å². The van der Waals surface area contributed by atoms with E-state index >= 15 is 0 Å². The van der Waals surface area contributed by atoms with E-state index in [0.29, 0.717) is 0 Å². The van der Waals surface area contributed by atoms with E-state index < -0.39 is 12.1 Å². The van der Waals surface area contributed by atoms with Crippen LogP contribution in [0.4, 0.5) is 0 Å². The first-order chi connectivity index (χ1) is 6.07. The van der Waals surface area contributed by atoms with Gasteiger partial charge in [0, 0.05) is 25.9 Å². The summed E-state index contributed by atoms with van der Waals surface area (Å²) in [5.41, 5.74) is 5.10. The molecule has 0 rings (SSSR count). The molecule has 0 aliphatic carbocycles. The molecule has 0 aliphatic rings. The van der Waals surface area contributed by atoms with E-state index in [0.717, 1.165) is 0 Å². The summed E-state index contributed by atoms with van der Waals surface area (Å²) in [6.07, 6.45) is -1.20. The van der Waals surface area contributed by atoms with Crippen molar-refractivity contribution in [2.24, 2.45) is 5.73 Å². The highest BCUT2D eigenvalue weighted by Gasteiger charge is 2.12. The van der Waals surface area contributed by atoms with Gasteiger partial charge >= 0.3 is 5.97 Å². The Morgan fingerprint density at radius 1 is 1.46 bits per heavy atom. The molecule has 13 heavy (non-hydrogen) atoms. The maximum atomic E-state index is 10.8. The van der Waals surface area contributed by atoms with Crippen LogP contribution in [-0.4, -0.2) is 41.3 Å². The monoisotopic (exact) mass is 190 g/mol. The molecule has 0 aromatic rings. The Labute approximate surface area is 75.7 Å². The zero-order valence-corrected chi connectivity index (χ0v) is 7.19. The summed E-state index contributed by atoms with van der Waals surface area (Å²) in [5.74, 6) is -1.52. The predicted octanol–water partition coefficient (Wildman–Crippen LogP) is -1.71. The third kappa shape index (κ3) is 6.06. The Bertz CT molecular complexity index is 183. The van der Waals surface area contributed by atoms with Crippen molar-refractivity contribution in [2.45, 2.75) is 18.9 Å². The number of carbonyl (C=O) groups is 2. The third-order valence-corrected chi connectivity index (χ3v) is 1.40. The number of carboxylic acids is 1. The standard InChI is InChI=1S/C7H14N2O4/c8-3-1-6(11)9-4-2-5(10)7(12)13/h5,10H,1-4,8H2,(H,9,11)(H,12,13)/t5-/m0/s1. The fourth-order valence-corrected chi connectivity index (χ4v) is 0.691. The maximum Gasteiger partial charge on any atom is 0.332 e. The van der Waals surface area contributed by atoms with Crippen molar-refractivity contribution in [2.75, 3.05) is 13.1 Å². The summed E-state index contributed by atoms with van der Waals surface area (Å²) >= 11 is 0. The molecule has 0 aromatic carbocycles. The van der Waals surface area contributed by atoms with E-state index in [1.54, 1.807) is 0 Å². The van der Waals surface area contributed by atoms with Crippen LogP contribution in [0.2, 0.25) is 0 Å². The highest BCUT2D eigenvalue weighted by molar-refractivity contribution is 5.76. The van der Waals surface area contributed by atoms with Gasteiger partial charge in [-0.05, 0) is 0 Å². The molecule has 5 N–H and O–H groups in total. The number of nitrogens with two attached hydrogens (primary N) is 1. The fourth-order valence-electron chi connectivity index (χ4n) is 0.691. The molecule has 0 heterocycles. The number of hydrogen-bond donors (Lipinski definition) is 4. The number of nitrogens with one attached hydrogen (secondary N) is 1. The smallest absolute Gasteiger partial charge is 0.332 e. The number of aliphatic hydroxyl groups excluding tert-OH is 1. The molecule has 0 radical (unpaired) electrons. The van der Waals surface area contributed by atoms with E-state index in [1.165, 1.54) is 0 Å². The minimum Gasteiger partial charge on any atom is -0.479 e. The molecule has 76 valence electrons. The highest BCUT2D eigenvalue weighted by Crippen LogP contribution is 1.89. The van der Waals surface area contributed by atoms with Crippen LogP contribution in [0.5, 0.6) is 0 Å². The first kappa shape index (κ1) is 11.9. The molecule has 6 nitrogen and oxygen atoms in total. The molecule has 6 heteroatoms. The lowest BCUT2D eigenvalue weighted by Crippen LogP contribution is -2.30. The number of carbonyl (C=O) groups excluding carboxylic acids is 1. The van der Waals surface area contributed by atoms with Crippen LogP contribution in [0.1, 0.15) is 12.8 Å². The van der Waals surface area contributed by atoms with Crippen LogP contribution in [-0.2, 0) is 9.59 Å². The molecule has 0 spiro atoms. The molecule has 0 saturated carbocycles. The topological polar surface area (TPSA) is 113 Å². The summed E-state index contributed by atoms with van der Waals surface area (Å²) < 4.78 is 0. The Morgan fingerprint density at radius 2 is 2.08 bits per heavy atom. The van der Waals surface area contributed by atoms with Gasteiger partial charge < -0.3 is 21.3 Å². The number of aliphatic hydroxyl groups is 1. The molecule has 0 aromatic heterocycles. The molecule has 0 bridgehead atoms. The van der Waals surface area contributed by atoms with Crippen LogP contribution in [0.3, 0.4) is 0 Å². The quantitative estimate of drug-likeness (QED) is 0.398. The van der Waals surface area contributed by atoms with Gasteiger partial charge in [-0.1, -0.05) is 0 Å². The summed E-state index contributed by atoms with van der Waals surface area (Å²) in [7, 11) is 0. The van der Waals surface area contributed by atoms with Crippen molar-refractivity contribution in [1.82, 2.24) is 5.32 Å². The normalized spacial score (nSPS) is 12.2. The maximum absolute atomic E-state index is 10.8.